The number of amides is 2. The molecule has 0 aliphatic carbocycles. The molecule has 0 saturated heterocycles. The van der Waals surface area contributed by atoms with E-state index in [-0.39, 0.29) is 36.2 Å². The van der Waals surface area contributed by atoms with Gasteiger partial charge in [-0.25, -0.2) is 13.1 Å². The zero-order valence-electron chi connectivity index (χ0n) is 26.7. The molecule has 11 heteroatoms. The minimum atomic E-state index is -3.58. The molecule has 47 heavy (non-hydrogen) atoms. The van der Waals surface area contributed by atoms with Gasteiger partial charge in [-0.05, 0) is 71.5 Å². The lowest BCUT2D eigenvalue weighted by Gasteiger charge is -2.32. The summed E-state index contributed by atoms with van der Waals surface area (Å²) in [5.41, 5.74) is 3.25. The molecule has 4 aromatic rings. The van der Waals surface area contributed by atoms with Crippen LogP contribution in [0.1, 0.15) is 41.6 Å². The van der Waals surface area contributed by atoms with E-state index < -0.39 is 16.1 Å². The van der Waals surface area contributed by atoms with Crippen molar-refractivity contribution in [3.63, 3.8) is 0 Å². The van der Waals surface area contributed by atoms with E-state index in [4.69, 9.17) is 21.1 Å². The Labute approximate surface area is 281 Å². The van der Waals surface area contributed by atoms with E-state index in [1.807, 2.05) is 60.7 Å². The van der Waals surface area contributed by atoms with Crippen LogP contribution in [0.2, 0.25) is 5.02 Å². The van der Waals surface area contributed by atoms with Crippen molar-refractivity contribution in [3.8, 4) is 11.5 Å². The topological polar surface area (TPSA) is 114 Å². The molecule has 248 valence electrons. The molecule has 0 spiro atoms. The summed E-state index contributed by atoms with van der Waals surface area (Å²) in [5.74, 6) is 0.688. The molecule has 1 atom stereocenters. The molecule has 0 aliphatic rings. The van der Waals surface area contributed by atoms with E-state index in [1.54, 1.807) is 50.3 Å². The van der Waals surface area contributed by atoms with Crippen LogP contribution in [-0.4, -0.2) is 52.4 Å². The summed E-state index contributed by atoms with van der Waals surface area (Å²) < 4.78 is 37.9. The second-order valence-corrected chi connectivity index (χ2v) is 13.0. The second kappa shape index (κ2) is 17.0. The number of aryl methyl sites for hydroxylation is 1. The molecule has 2 amide bonds. The lowest BCUT2D eigenvalue weighted by Crippen LogP contribution is -2.44. The molecule has 0 fully saturated rings. The van der Waals surface area contributed by atoms with E-state index in [2.05, 4.69) is 10.0 Å². The maximum Gasteiger partial charge on any atom is 0.247 e. The summed E-state index contributed by atoms with van der Waals surface area (Å²) in [7, 11) is -0.434. The molecular formula is C36H40ClN3O6S. The van der Waals surface area contributed by atoms with Crippen LogP contribution < -0.4 is 19.5 Å². The Morgan fingerprint density at radius 1 is 0.809 bits per heavy atom. The quantitative estimate of drug-likeness (QED) is 0.157. The number of carbonyl (C=O) groups excluding carboxylic acids is 2. The first-order valence-electron chi connectivity index (χ1n) is 15.3. The monoisotopic (exact) mass is 677 g/mol. The van der Waals surface area contributed by atoms with E-state index in [9.17, 15) is 18.0 Å². The highest BCUT2D eigenvalue weighted by molar-refractivity contribution is 7.89. The van der Waals surface area contributed by atoms with Crippen molar-refractivity contribution >= 4 is 33.4 Å². The SMILES string of the molecule is CCNS(=O)(=O)c1ccc(CCC(=O)N(Cc2ccc(Cl)cc2)[C@H](C(=O)NCCc2ccc(OC)c(OC)c2)c2ccccc2)cc1. The van der Waals surface area contributed by atoms with Crippen LogP contribution in [0.5, 0.6) is 11.5 Å². The van der Waals surface area contributed by atoms with Crippen molar-refractivity contribution in [1.29, 1.82) is 0 Å². The van der Waals surface area contributed by atoms with Crippen LogP contribution in [0.4, 0.5) is 0 Å². The third-order valence-corrected chi connectivity index (χ3v) is 9.43. The normalized spacial score (nSPS) is 11.8. The summed E-state index contributed by atoms with van der Waals surface area (Å²) in [6.07, 6.45) is 1.01. The second-order valence-electron chi connectivity index (χ2n) is 10.8. The first kappa shape index (κ1) is 35.5. The fourth-order valence-corrected chi connectivity index (χ4v) is 6.35. The van der Waals surface area contributed by atoms with Crippen molar-refractivity contribution in [2.75, 3.05) is 27.3 Å². The highest BCUT2D eigenvalue weighted by Crippen LogP contribution is 2.28. The molecule has 0 heterocycles. The Bertz CT molecular complexity index is 1730. The summed E-state index contributed by atoms with van der Waals surface area (Å²) in [5, 5.41) is 3.61. The minimum absolute atomic E-state index is 0.106. The fraction of sp³-hybridized carbons (Fsp3) is 0.278. The minimum Gasteiger partial charge on any atom is -0.493 e. The Balaban J connectivity index is 1.56. The van der Waals surface area contributed by atoms with Gasteiger partial charge in [0.05, 0.1) is 19.1 Å². The van der Waals surface area contributed by atoms with Crippen molar-refractivity contribution in [2.24, 2.45) is 0 Å². The molecule has 0 unspecified atom stereocenters. The molecule has 4 rings (SSSR count). The maximum atomic E-state index is 14.0. The van der Waals surface area contributed by atoms with Crippen LogP contribution in [-0.2, 0) is 39.0 Å². The van der Waals surface area contributed by atoms with Crippen LogP contribution >= 0.6 is 11.6 Å². The van der Waals surface area contributed by atoms with Crippen molar-refractivity contribution in [2.45, 2.75) is 43.7 Å². The summed E-state index contributed by atoms with van der Waals surface area (Å²) in [6.45, 7) is 2.52. The first-order valence-corrected chi connectivity index (χ1v) is 17.2. The van der Waals surface area contributed by atoms with Gasteiger partial charge in [-0.2, -0.15) is 0 Å². The van der Waals surface area contributed by atoms with Gasteiger partial charge in [0.2, 0.25) is 21.8 Å². The lowest BCUT2D eigenvalue weighted by atomic mass is 10.0. The molecule has 0 bridgehead atoms. The van der Waals surface area contributed by atoms with E-state index >= 15 is 0 Å². The molecule has 0 aliphatic heterocycles. The van der Waals surface area contributed by atoms with E-state index in [0.29, 0.717) is 41.5 Å². The molecule has 0 saturated carbocycles. The van der Waals surface area contributed by atoms with E-state index in [0.717, 1.165) is 16.7 Å². The molecule has 0 radical (unpaired) electrons. The fourth-order valence-electron chi connectivity index (χ4n) is 5.18. The number of nitrogens with one attached hydrogen (secondary N) is 2. The van der Waals surface area contributed by atoms with Gasteiger partial charge >= 0.3 is 0 Å². The number of hydrogen-bond donors (Lipinski definition) is 2. The van der Waals surface area contributed by atoms with Crippen LogP contribution in [0.3, 0.4) is 0 Å². The smallest absolute Gasteiger partial charge is 0.247 e. The number of methoxy groups -OCH3 is 2. The standard InChI is InChI=1S/C36H40ClN3O6S/c1-4-39-47(43,44)31-18-12-26(13-19-31)15-21-34(41)40(25-28-10-16-30(37)17-11-28)35(29-8-6-5-7-9-29)36(42)38-23-22-27-14-20-32(45-2)33(24-27)46-3/h5-14,16-20,24,35,39H,4,15,21-23,25H2,1-3H3,(H,38,42)/t35-/m0/s1. The van der Waals surface area contributed by atoms with Gasteiger partial charge in [-0.3, -0.25) is 9.59 Å². The van der Waals surface area contributed by atoms with Crippen LogP contribution in [0.15, 0.2) is 102 Å². The highest BCUT2D eigenvalue weighted by atomic mass is 35.5. The number of rotatable bonds is 16. The van der Waals surface area contributed by atoms with Gasteiger partial charge in [0.15, 0.2) is 11.5 Å². The first-order chi connectivity index (χ1) is 22.6. The number of hydrogen-bond acceptors (Lipinski definition) is 6. The number of sulfonamides is 1. The highest BCUT2D eigenvalue weighted by Gasteiger charge is 2.31. The van der Waals surface area contributed by atoms with Crippen molar-refractivity contribution in [3.05, 3.63) is 124 Å². The van der Waals surface area contributed by atoms with E-state index in [1.165, 1.54) is 12.1 Å². The number of nitrogens with zero attached hydrogens (tertiary/aromatic N) is 1. The maximum absolute atomic E-state index is 14.0. The van der Waals surface area contributed by atoms with Gasteiger partial charge in [0, 0.05) is 31.1 Å². The van der Waals surface area contributed by atoms with Gasteiger partial charge in [-0.1, -0.05) is 79.2 Å². The Morgan fingerprint density at radius 2 is 1.45 bits per heavy atom. The lowest BCUT2D eigenvalue weighted by molar-refractivity contribution is -0.141. The Hall–Kier alpha value is -4.38. The zero-order valence-corrected chi connectivity index (χ0v) is 28.3. The largest absolute Gasteiger partial charge is 0.493 e. The average Bonchev–Trinajstić information content (AvgIpc) is 3.08. The third-order valence-electron chi connectivity index (χ3n) is 7.62. The molecule has 4 aromatic carbocycles. The molecule has 9 nitrogen and oxygen atoms in total. The van der Waals surface area contributed by atoms with Crippen molar-refractivity contribution in [1.82, 2.24) is 14.9 Å². The summed E-state index contributed by atoms with van der Waals surface area (Å²) in [4.78, 5) is 29.8. The van der Waals surface area contributed by atoms with Crippen molar-refractivity contribution < 1.29 is 27.5 Å². The van der Waals surface area contributed by atoms with Gasteiger partial charge in [-0.15, -0.1) is 0 Å². The Kier molecular flexibility index (Phi) is 12.8. The summed E-state index contributed by atoms with van der Waals surface area (Å²) in [6, 6.07) is 27.6. The molecule has 0 aromatic heterocycles. The predicted molar refractivity (Wildman–Crippen MR) is 183 cm³/mol. The average molecular weight is 678 g/mol. The number of benzene rings is 4. The van der Waals surface area contributed by atoms with Gasteiger partial charge in [0.25, 0.3) is 0 Å². The van der Waals surface area contributed by atoms with Crippen LogP contribution in [0, 0.1) is 0 Å². The number of ether oxygens (including phenoxy) is 2. The molecular weight excluding hydrogens is 638 g/mol. The zero-order chi connectivity index (χ0) is 33.8. The number of carbonyl (C=O) groups is 2. The molecule has 2 N–H and O–H groups in total. The third kappa shape index (κ3) is 9.81. The Morgan fingerprint density at radius 3 is 2.09 bits per heavy atom. The predicted octanol–water partition coefficient (Wildman–Crippen LogP) is 5.72. The summed E-state index contributed by atoms with van der Waals surface area (Å²) >= 11 is 6.14. The van der Waals surface area contributed by atoms with Gasteiger partial charge < -0.3 is 19.7 Å². The number of halogens is 1. The van der Waals surface area contributed by atoms with Crippen LogP contribution in [0.25, 0.3) is 0 Å². The van der Waals surface area contributed by atoms with Gasteiger partial charge in [0.1, 0.15) is 6.04 Å².